The summed E-state index contributed by atoms with van der Waals surface area (Å²) in [4.78, 5) is 11.9. The van der Waals surface area contributed by atoms with E-state index in [0.29, 0.717) is 12.1 Å². The smallest absolute Gasteiger partial charge is 0.385 e. The fraction of sp³-hybridized carbons (Fsp3) is 0.450. The lowest BCUT2D eigenvalue weighted by molar-refractivity contribution is -0.145. The molecule has 2 aliphatic rings. The van der Waals surface area contributed by atoms with Crippen molar-refractivity contribution in [2.75, 3.05) is 12.3 Å². The van der Waals surface area contributed by atoms with E-state index in [0.717, 1.165) is 12.4 Å². The number of nitrogens with two attached hydrogens (primary N) is 1. The first kappa shape index (κ1) is 25.9. The third kappa shape index (κ3) is 4.58. The molecular formula is C20H20F4N5O7P. The molecule has 17 heteroatoms. The SMILES string of the molecule is C[C@@]1(O)[C@H](O)C(O[P@]2(=O)OCC[C@H](c3ccc(F)c(C(F)(F)F)c3)O2)O[C@H]1n1cnc2c(N)ncnc21. The zero-order chi connectivity index (χ0) is 26.8. The van der Waals surface area contributed by atoms with Gasteiger partial charge in [-0.2, -0.15) is 13.2 Å². The minimum Gasteiger partial charge on any atom is -0.385 e. The summed E-state index contributed by atoms with van der Waals surface area (Å²) in [6, 6.07) is 2.24. The lowest BCUT2D eigenvalue weighted by Gasteiger charge is -2.31. The number of rotatable bonds is 4. The van der Waals surface area contributed by atoms with Crippen LogP contribution < -0.4 is 5.73 Å². The number of nitrogens with zero attached hydrogens (tertiary/aromatic N) is 4. The van der Waals surface area contributed by atoms with Gasteiger partial charge >= 0.3 is 14.0 Å². The monoisotopic (exact) mass is 549 g/mol. The molecule has 4 heterocycles. The second-order valence-electron chi connectivity index (χ2n) is 8.62. The Morgan fingerprint density at radius 3 is 2.78 bits per heavy atom. The molecule has 0 aliphatic carbocycles. The van der Waals surface area contributed by atoms with E-state index in [1.54, 1.807) is 0 Å². The summed E-state index contributed by atoms with van der Waals surface area (Å²) in [6.07, 6.45) is -8.71. The largest absolute Gasteiger partial charge is 0.477 e. The maximum atomic E-state index is 13.7. The van der Waals surface area contributed by atoms with Crippen LogP contribution >= 0.6 is 7.82 Å². The van der Waals surface area contributed by atoms with E-state index in [9.17, 15) is 32.3 Å². The van der Waals surface area contributed by atoms with Crippen molar-refractivity contribution in [2.45, 2.75) is 49.8 Å². The summed E-state index contributed by atoms with van der Waals surface area (Å²) in [5, 5.41) is 21.7. The highest BCUT2D eigenvalue weighted by atomic mass is 31.2. The molecule has 2 aliphatic heterocycles. The maximum Gasteiger partial charge on any atom is 0.477 e. The number of nitrogen functional groups attached to an aromatic ring is 1. The van der Waals surface area contributed by atoms with E-state index in [1.807, 2.05) is 0 Å². The number of imidazole rings is 1. The third-order valence-corrected chi connectivity index (χ3v) is 7.52. The minimum absolute atomic E-state index is 0.0210. The molecular weight excluding hydrogens is 529 g/mol. The van der Waals surface area contributed by atoms with Crippen molar-refractivity contribution >= 4 is 24.8 Å². The van der Waals surface area contributed by atoms with Gasteiger partial charge in [0.15, 0.2) is 17.7 Å². The lowest BCUT2D eigenvalue weighted by atomic mass is 9.99. The lowest BCUT2D eigenvalue weighted by Crippen LogP contribution is -2.44. The van der Waals surface area contributed by atoms with Crippen LogP contribution in [0.25, 0.3) is 11.2 Å². The molecule has 2 aromatic heterocycles. The van der Waals surface area contributed by atoms with Crippen LogP contribution in [0.1, 0.15) is 36.8 Å². The summed E-state index contributed by atoms with van der Waals surface area (Å²) < 4.78 is 89.0. The molecule has 37 heavy (non-hydrogen) atoms. The zero-order valence-electron chi connectivity index (χ0n) is 18.9. The number of anilines is 1. The molecule has 2 saturated heterocycles. The number of halogens is 4. The van der Waals surface area contributed by atoms with Crippen LogP contribution in [-0.4, -0.2) is 54.3 Å². The van der Waals surface area contributed by atoms with Gasteiger partial charge < -0.3 is 20.7 Å². The average molecular weight is 549 g/mol. The summed E-state index contributed by atoms with van der Waals surface area (Å²) >= 11 is 0. The number of alkyl halides is 3. The molecule has 6 atom stereocenters. The number of benzene rings is 1. The van der Waals surface area contributed by atoms with Crippen LogP contribution in [0.2, 0.25) is 0 Å². The quantitative estimate of drug-likeness (QED) is 0.324. The van der Waals surface area contributed by atoms with Gasteiger partial charge in [-0.05, 0) is 24.6 Å². The Balaban J connectivity index is 1.38. The van der Waals surface area contributed by atoms with Gasteiger partial charge in [0.1, 0.15) is 29.4 Å². The molecule has 0 amide bonds. The maximum absolute atomic E-state index is 13.7. The number of aromatic nitrogens is 4. The average Bonchev–Trinajstić information content (AvgIpc) is 3.33. The normalized spacial score (nSPS) is 32.7. The minimum atomic E-state index is -4.96. The summed E-state index contributed by atoms with van der Waals surface area (Å²) in [7, 11) is -4.55. The summed E-state index contributed by atoms with van der Waals surface area (Å²) in [6.45, 7) is 0.965. The van der Waals surface area contributed by atoms with Crippen molar-refractivity contribution < 1.29 is 50.6 Å². The standard InChI is InChI=1S/C20H20F4N5O7P/c1-19(31)14(30)17(34-18(19)29-8-28-13-15(25)26-7-27-16(13)29)36-37(32)33-5-4-12(35-37)9-2-3-11(21)10(6-9)20(22,23)24/h2-3,6-8,12,14,17-18,30-31H,4-5H2,1H3,(H2,25,26,27)/t12-,14-,17?,18-,19-,37-/m1/s1. The fourth-order valence-electron chi connectivity index (χ4n) is 4.11. The topological polar surface area (TPSA) is 164 Å². The summed E-state index contributed by atoms with van der Waals surface area (Å²) in [5.41, 5.74) is 2.48. The molecule has 1 unspecified atom stereocenters. The molecule has 4 N–H and O–H groups in total. The molecule has 12 nitrogen and oxygen atoms in total. The third-order valence-electron chi connectivity index (χ3n) is 6.05. The molecule has 0 radical (unpaired) electrons. The highest BCUT2D eigenvalue weighted by molar-refractivity contribution is 7.48. The first-order valence-corrected chi connectivity index (χ1v) is 12.2. The van der Waals surface area contributed by atoms with E-state index in [1.165, 1.54) is 17.8 Å². The van der Waals surface area contributed by atoms with Crippen molar-refractivity contribution in [3.05, 3.63) is 47.8 Å². The van der Waals surface area contributed by atoms with Gasteiger partial charge in [-0.25, -0.2) is 23.9 Å². The number of fused-ring (bicyclic) bond motifs is 1. The number of phosphoric acid groups is 1. The van der Waals surface area contributed by atoms with Crippen LogP contribution in [0, 0.1) is 5.82 Å². The molecule has 5 rings (SSSR count). The number of hydrogen-bond acceptors (Lipinski definition) is 11. The van der Waals surface area contributed by atoms with Crippen LogP contribution in [-0.2, 0) is 29.0 Å². The van der Waals surface area contributed by atoms with Crippen molar-refractivity contribution in [3.8, 4) is 0 Å². The number of aliphatic hydroxyl groups is 2. The zero-order valence-corrected chi connectivity index (χ0v) is 19.8. The molecule has 2 fully saturated rings. The van der Waals surface area contributed by atoms with Crippen molar-refractivity contribution in [3.63, 3.8) is 0 Å². The second kappa shape index (κ2) is 8.94. The van der Waals surface area contributed by atoms with Gasteiger partial charge in [-0.15, -0.1) is 0 Å². The Morgan fingerprint density at radius 1 is 1.30 bits per heavy atom. The molecule has 0 bridgehead atoms. The summed E-state index contributed by atoms with van der Waals surface area (Å²) in [5.74, 6) is -1.42. The fourth-order valence-corrected chi connectivity index (χ4v) is 5.57. The Bertz CT molecular complexity index is 1390. The molecule has 1 aromatic carbocycles. The van der Waals surface area contributed by atoms with Gasteiger partial charge in [0, 0.05) is 6.42 Å². The van der Waals surface area contributed by atoms with E-state index >= 15 is 0 Å². The van der Waals surface area contributed by atoms with E-state index in [-0.39, 0.29) is 35.6 Å². The van der Waals surface area contributed by atoms with Gasteiger partial charge in [-0.3, -0.25) is 18.1 Å². The van der Waals surface area contributed by atoms with Crippen molar-refractivity contribution in [2.24, 2.45) is 0 Å². The van der Waals surface area contributed by atoms with Gasteiger partial charge in [0.2, 0.25) is 6.29 Å². The Kier molecular flexibility index (Phi) is 6.26. The van der Waals surface area contributed by atoms with Gasteiger partial charge in [0.05, 0.1) is 24.6 Å². The molecule has 0 spiro atoms. The molecule has 200 valence electrons. The van der Waals surface area contributed by atoms with E-state index in [4.69, 9.17) is 24.0 Å². The number of phosphoric ester groups is 1. The van der Waals surface area contributed by atoms with Crippen LogP contribution in [0.3, 0.4) is 0 Å². The predicted molar refractivity (Wildman–Crippen MR) is 115 cm³/mol. The predicted octanol–water partition coefficient (Wildman–Crippen LogP) is 2.84. The highest BCUT2D eigenvalue weighted by Crippen LogP contribution is 2.59. The first-order chi connectivity index (χ1) is 17.3. The van der Waals surface area contributed by atoms with Gasteiger partial charge in [-0.1, -0.05) is 6.07 Å². The number of ether oxygens (including phenoxy) is 1. The van der Waals surface area contributed by atoms with Crippen LogP contribution in [0.5, 0.6) is 0 Å². The first-order valence-electron chi connectivity index (χ1n) is 10.8. The second-order valence-corrected chi connectivity index (χ2v) is 10.2. The van der Waals surface area contributed by atoms with Crippen molar-refractivity contribution in [1.29, 1.82) is 0 Å². The molecule has 3 aromatic rings. The Labute approximate surface area is 205 Å². The van der Waals surface area contributed by atoms with Crippen LogP contribution in [0.15, 0.2) is 30.9 Å². The van der Waals surface area contributed by atoms with Gasteiger partial charge in [0.25, 0.3) is 0 Å². The highest BCUT2D eigenvalue weighted by Gasteiger charge is 2.57. The van der Waals surface area contributed by atoms with Crippen molar-refractivity contribution in [1.82, 2.24) is 19.5 Å². The number of aliphatic hydroxyl groups excluding tert-OH is 1. The van der Waals surface area contributed by atoms with E-state index < -0.39 is 55.7 Å². The number of hydrogen-bond donors (Lipinski definition) is 3. The Hall–Kier alpha value is -2.72. The van der Waals surface area contributed by atoms with E-state index in [2.05, 4.69) is 15.0 Å². The van der Waals surface area contributed by atoms with Crippen LogP contribution in [0.4, 0.5) is 23.4 Å². The molecule has 0 saturated carbocycles. The Morgan fingerprint density at radius 2 is 2.05 bits per heavy atom.